The number of amides is 2. The lowest BCUT2D eigenvalue weighted by Gasteiger charge is -2.37. The number of piperidine rings is 1. The summed E-state index contributed by atoms with van der Waals surface area (Å²) in [6, 6.07) is 0. The van der Waals surface area contributed by atoms with Crippen LogP contribution in [0.25, 0.3) is 0 Å². The van der Waals surface area contributed by atoms with Crippen LogP contribution in [-0.4, -0.2) is 54.0 Å². The number of primary amides is 1. The molecule has 3 saturated heterocycles. The van der Waals surface area contributed by atoms with Crippen LogP contribution >= 0.6 is 11.8 Å². The van der Waals surface area contributed by atoms with Crippen LogP contribution in [0.5, 0.6) is 0 Å². The summed E-state index contributed by atoms with van der Waals surface area (Å²) >= 11 is 1.95. The highest BCUT2D eigenvalue weighted by Gasteiger charge is 2.40. The Morgan fingerprint density at radius 2 is 1.73 bits per heavy atom. The number of ether oxygens (including phenoxy) is 1. The monoisotopic (exact) mass is 326 g/mol. The molecule has 0 saturated carbocycles. The summed E-state index contributed by atoms with van der Waals surface area (Å²) in [4.78, 5) is 26.1. The Morgan fingerprint density at radius 1 is 1.05 bits per heavy atom. The fraction of sp³-hybridized carbons (Fsp3) is 0.875. The molecule has 0 spiro atoms. The van der Waals surface area contributed by atoms with Crippen LogP contribution < -0.4 is 5.73 Å². The van der Waals surface area contributed by atoms with Crippen molar-refractivity contribution in [2.45, 2.75) is 38.2 Å². The van der Waals surface area contributed by atoms with Crippen molar-refractivity contribution in [2.75, 3.05) is 31.2 Å². The van der Waals surface area contributed by atoms with Gasteiger partial charge < -0.3 is 15.4 Å². The molecule has 6 heteroatoms. The van der Waals surface area contributed by atoms with Gasteiger partial charge in [0.15, 0.2) is 0 Å². The van der Waals surface area contributed by atoms with E-state index in [2.05, 4.69) is 0 Å². The number of nitrogens with two attached hydrogens (primary N) is 1. The summed E-state index contributed by atoms with van der Waals surface area (Å²) in [5, 5.41) is 0. The molecular weight excluding hydrogens is 300 g/mol. The molecule has 0 bridgehead atoms. The van der Waals surface area contributed by atoms with Crippen LogP contribution in [-0.2, 0) is 14.3 Å². The number of hydrogen-bond acceptors (Lipinski definition) is 4. The first-order valence-corrected chi connectivity index (χ1v) is 9.59. The van der Waals surface area contributed by atoms with Crippen LogP contribution in [0.1, 0.15) is 32.1 Å². The lowest BCUT2D eigenvalue weighted by atomic mass is 9.83. The molecule has 3 fully saturated rings. The first kappa shape index (κ1) is 16.1. The van der Waals surface area contributed by atoms with Crippen molar-refractivity contribution in [3.05, 3.63) is 0 Å². The molecule has 2 N–H and O–H groups in total. The first-order valence-electron chi connectivity index (χ1n) is 8.44. The lowest BCUT2D eigenvalue weighted by molar-refractivity contribution is -0.138. The quantitative estimate of drug-likeness (QED) is 0.847. The second-order valence-electron chi connectivity index (χ2n) is 6.68. The fourth-order valence-electron chi connectivity index (χ4n) is 4.03. The molecule has 2 atom stereocenters. The van der Waals surface area contributed by atoms with Gasteiger partial charge in [-0.1, -0.05) is 0 Å². The van der Waals surface area contributed by atoms with Crippen molar-refractivity contribution in [1.82, 2.24) is 4.90 Å². The van der Waals surface area contributed by atoms with E-state index in [1.807, 2.05) is 16.7 Å². The smallest absolute Gasteiger partial charge is 0.225 e. The zero-order valence-corrected chi connectivity index (χ0v) is 13.9. The highest BCUT2D eigenvalue weighted by atomic mass is 32.2. The average molecular weight is 326 g/mol. The van der Waals surface area contributed by atoms with Crippen LogP contribution in [0.2, 0.25) is 0 Å². The molecule has 0 aromatic rings. The summed E-state index contributed by atoms with van der Waals surface area (Å²) in [6.07, 6.45) is 4.64. The molecule has 5 nitrogen and oxygen atoms in total. The van der Waals surface area contributed by atoms with Crippen LogP contribution in [0.15, 0.2) is 0 Å². The van der Waals surface area contributed by atoms with Crippen molar-refractivity contribution in [1.29, 1.82) is 0 Å². The minimum absolute atomic E-state index is 0.0270. The van der Waals surface area contributed by atoms with E-state index >= 15 is 0 Å². The van der Waals surface area contributed by atoms with Gasteiger partial charge in [0.1, 0.15) is 0 Å². The topological polar surface area (TPSA) is 72.6 Å². The summed E-state index contributed by atoms with van der Waals surface area (Å²) < 4.78 is 5.77. The normalized spacial score (nSPS) is 31.4. The van der Waals surface area contributed by atoms with E-state index in [9.17, 15) is 9.59 Å². The largest absolute Gasteiger partial charge is 0.377 e. The minimum atomic E-state index is -0.235. The maximum absolute atomic E-state index is 12.6. The molecule has 3 rings (SSSR count). The van der Waals surface area contributed by atoms with E-state index in [1.165, 1.54) is 0 Å². The van der Waals surface area contributed by atoms with E-state index in [0.29, 0.717) is 18.4 Å². The van der Waals surface area contributed by atoms with E-state index < -0.39 is 0 Å². The van der Waals surface area contributed by atoms with Crippen LogP contribution in [0, 0.1) is 17.8 Å². The van der Waals surface area contributed by atoms with Gasteiger partial charge in [-0.05, 0) is 49.5 Å². The molecule has 3 heterocycles. The van der Waals surface area contributed by atoms with Gasteiger partial charge in [-0.3, -0.25) is 9.59 Å². The molecule has 124 valence electrons. The standard InChI is InChI=1S/C16H26N2O3S/c17-15(19)13-3-8-21-14(13)11-1-6-18(7-2-11)16(20)12-4-9-22-10-5-12/h11-14H,1-10H2,(H2,17,19)/t13-,14+/m0/s1. The molecule has 2 amide bonds. The summed E-state index contributed by atoms with van der Waals surface area (Å²) in [7, 11) is 0. The van der Waals surface area contributed by atoms with Crippen molar-refractivity contribution < 1.29 is 14.3 Å². The number of carbonyl (C=O) groups excluding carboxylic acids is 2. The number of hydrogen-bond donors (Lipinski definition) is 1. The Kier molecular flexibility index (Phi) is 5.29. The third kappa shape index (κ3) is 3.43. The number of thioether (sulfide) groups is 1. The van der Waals surface area contributed by atoms with Crippen LogP contribution in [0.4, 0.5) is 0 Å². The van der Waals surface area contributed by atoms with Gasteiger partial charge in [0, 0.05) is 25.6 Å². The Hall–Kier alpha value is -0.750. The summed E-state index contributed by atoms with van der Waals surface area (Å²) in [5.74, 6) is 2.80. The molecule has 0 aromatic heterocycles. The second-order valence-corrected chi connectivity index (χ2v) is 7.91. The number of rotatable bonds is 3. The second kappa shape index (κ2) is 7.21. The third-order valence-electron chi connectivity index (χ3n) is 5.39. The van der Waals surface area contributed by atoms with Gasteiger partial charge in [0.25, 0.3) is 0 Å². The third-order valence-corrected chi connectivity index (χ3v) is 6.44. The Bertz CT molecular complexity index is 418. The molecule has 0 aromatic carbocycles. The fourth-order valence-corrected chi connectivity index (χ4v) is 5.14. The van der Waals surface area contributed by atoms with E-state index in [-0.39, 0.29) is 23.8 Å². The predicted octanol–water partition coefficient (Wildman–Crippen LogP) is 1.26. The molecule has 0 aliphatic carbocycles. The van der Waals surface area contributed by atoms with Crippen molar-refractivity contribution >= 4 is 23.6 Å². The van der Waals surface area contributed by atoms with Gasteiger partial charge in [0.2, 0.25) is 11.8 Å². The lowest BCUT2D eigenvalue weighted by Crippen LogP contribution is -2.46. The van der Waals surface area contributed by atoms with Gasteiger partial charge in [0.05, 0.1) is 12.0 Å². The Morgan fingerprint density at radius 3 is 2.36 bits per heavy atom. The molecular formula is C16H26N2O3S. The summed E-state index contributed by atoms with van der Waals surface area (Å²) in [6.45, 7) is 2.24. The molecule has 0 radical (unpaired) electrons. The highest BCUT2D eigenvalue weighted by molar-refractivity contribution is 7.99. The van der Waals surface area contributed by atoms with Crippen LogP contribution in [0.3, 0.4) is 0 Å². The maximum Gasteiger partial charge on any atom is 0.225 e. The number of nitrogens with zero attached hydrogens (tertiary/aromatic N) is 1. The average Bonchev–Trinajstić information content (AvgIpc) is 3.05. The molecule has 3 aliphatic heterocycles. The van der Waals surface area contributed by atoms with E-state index in [4.69, 9.17) is 10.5 Å². The first-order chi connectivity index (χ1) is 10.7. The van der Waals surface area contributed by atoms with Crippen molar-refractivity contribution in [2.24, 2.45) is 23.5 Å². The van der Waals surface area contributed by atoms with Gasteiger partial charge in [-0.2, -0.15) is 11.8 Å². The minimum Gasteiger partial charge on any atom is -0.377 e. The molecule has 0 unspecified atom stereocenters. The molecule has 22 heavy (non-hydrogen) atoms. The number of likely N-dealkylation sites (tertiary alicyclic amines) is 1. The van der Waals surface area contributed by atoms with Crippen molar-refractivity contribution in [3.8, 4) is 0 Å². The zero-order chi connectivity index (χ0) is 15.5. The van der Waals surface area contributed by atoms with Gasteiger partial charge in [-0.15, -0.1) is 0 Å². The predicted molar refractivity (Wildman–Crippen MR) is 86.4 cm³/mol. The zero-order valence-electron chi connectivity index (χ0n) is 13.0. The van der Waals surface area contributed by atoms with Gasteiger partial charge in [-0.25, -0.2) is 0 Å². The van der Waals surface area contributed by atoms with E-state index in [0.717, 1.165) is 56.7 Å². The van der Waals surface area contributed by atoms with E-state index in [1.54, 1.807) is 0 Å². The van der Waals surface area contributed by atoms with Gasteiger partial charge >= 0.3 is 0 Å². The molecule has 3 aliphatic rings. The summed E-state index contributed by atoms with van der Waals surface area (Å²) in [5.41, 5.74) is 5.48. The Labute approximate surface area is 136 Å². The van der Waals surface area contributed by atoms with Crippen molar-refractivity contribution in [3.63, 3.8) is 0 Å². The highest BCUT2D eigenvalue weighted by Crippen LogP contribution is 2.34. The maximum atomic E-state index is 12.6. The number of carbonyl (C=O) groups is 2. The SMILES string of the molecule is NC(=O)[C@H]1CCO[C@@H]1C1CCN(C(=O)C2CCSCC2)CC1. The Balaban J connectivity index is 1.51.